The Morgan fingerprint density at radius 2 is 2.20 bits per heavy atom. The molecule has 3 aliphatic heterocycles. The Bertz CT molecular complexity index is 492. The van der Waals surface area contributed by atoms with Crippen molar-refractivity contribution < 1.29 is 24.5 Å². The van der Waals surface area contributed by atoms with Crippen LogP contribution in [-0.4, -0.2) is 51.8 Å². The van der Waals surface area contributed by atoms with E-state index in [1.807, 2.05) is 6.92 Å². The first-order chi connectivity index (χ1) is 9.45. The van der Waals surface area contributed by atoms with Crippen molar-refractivity contribution in [2.45, 2.75) is 44.9 Å². The Kier molecular flexibility index (Phi) is 3.10. The molecule has 2 saturated heterocycles. The van der Waals surface area contributed by atoms with E-state index in [0.717, 1.165) is 18.4 Å². The normalized spacial score (nSPS) is 38.0. The molecule has 0 aliphatic carbocycles. The van der Waals surface area contributed by atoms with Crippen molar-refractivity contribution in [2.24, 2.45) is 11.8 Å². The number of carbonyl (C=O) groups is 2. The number of hydrogen-bond acceptors (Lipinski definition) is 4. The third-order valence-electron chi connectivity index (χ3n) is 4.70. The van der Waals surface area contributed by atoms with Crippen molar-refractivity contribution in [1.82, 2.24) is 4.90 Å². The lowest BCUT2D eigenvalue weighted by Gasteiger charge is -2.46. The molecule has 0 radical (unpaired) electrons. The number of fused-ring (bicyclic) bond motifs is 1. The van der Waals surface area contributed by atoms with E-state index in [0.29, 0.717) is 6.61 Å². The van der Waals surface area contributed by atoms with Gasteiger partial charge < -0.3 is 19.8 Å². The number of ether oxygens (including phenoxy) is 1. The van der Waals surface area contributed by atoms with Gasteiger partial charge in [-0.2, -0.15) is 0 Å². The molecule has 3 aliphatic rings. The number of aliphatic carboxylic acids is 1. The van der Waals surface area contributed by atoms with Gasteiger partial charge in [-0.05, 0) is 25.3 Å². The SMILES string of the molecule is C[C@@H](O)[C@H]1C(=O)N2C(C(=O)O)=C([C@@H]3CCCO3)[C@H](C)[C@H]12. The van der Waals surface area contributed by atoms with E-state index in [-0.39, 0.29) is 29.7 Å². The molecule has 6 heteroatoms. The highest BCUT2D eigenvalue weighted by atomic mass is 16.5. The third kappa shape index (κ3) is 1.64. The van der Waals surface area contributed by atoms with Crippen molar-refractivity contribution in [1.29, 1.82) is 0 Å². The first kappa shape index (κ1) is 13.6. The van der Waals surface area contributed by atoms with Crippen LogP contribution in [0.5, 0.6) is 0 Å². The van der Waals surface area contributed by atoms with Gasteiger partial charge in [0.2, 0.25) is 5.91 Å². The number of β-lactam (4-membered cyclic amide) rings is 1. The Morgan fingerprint density at radius 3 is 2.70 bits per heavy atom. The standard InChI is InChI=1S/C14H19NO5/c1-6-9(8-4-3-5-20-8)12(14(18)19)15-11(6)10(7(2)16)13(15)17/h6-8,10-11,16H,3-5H2,1-2H3,(H,18,19)/t6-,7+,8-,10+,11+/m0/s1. The number of carbonyl (C=O) groups excluding carboxylic acids is 1. The zero-order valence-electron chi connectivity index (χ0n) is 11.6. The molecule has 110 valence electrons. The van der Waals surface area contributed by atoms with Crippen LogP contribution >= 0.6 is 0 Å². The van der Waals surface area contributed by atoms with Crippen molar-refractivity contribution in [3.8, 4) is 0 Å². The Labute approximate surface area is 117 Å². The maximum absolute atomic E-state index is 12.1. The van der Waals surface area contributed by atoms with E-state index in [9.17, 15) is 19.8 Å². The molecule has 2 fully saturated rings. The molecule has 0 unspecified atom stereocenters. The smallest absolute Gasteiger partial charge is 0.352 e. The minimum Gasteiger partial charge on any atom is -0.477 e. The average molecular weight is 281 g/mol. The molecular weight excluding hydrogens is 262 g/mol. The van der Waals surface area contributed by atoms with Gasteiger partial charge in [-0.15, -0.1) is 0 Å². The molecule has 0 saturated carbocycles. The zero-order chi connectivity index (χ0) is 14.6. The second kappa shape index (κ2) is 4.56. The molecule has 0 aromatic heterocycles. The van der Waals surface area contributed by atoms with E-state index in [2.05, 4.69) is 0 Å². The van der Waals surface area contributed by atoms with Crippen LogP contribution in [0.15, 0.2) is 11.3 Å². The highest BCUT2D eigenvalue weighted by Crippen LogP contribution is 2.49. The van der Waals surface area contributed by atoms with E-state index >= 15 is 0 Å². The molecule has 0 bridgehead atoms. The number of aliphatic hydroxyl groups is 1. The third-order valence-corrected chi connectivity index (χ3v) is 4.70. The summed E-state index contributed by atoms with van der Waals surface area (Å²) in [6.45, 7) is 4.13. The molecule has 5 atom stereocenters. The molecule has 2 N–H and O–H groups in total. The van der Waals surface area contributed by atoms with E-state index in [1.54, 1.807) is 6.92 Å². The number of aliphatic hydroxyl groups excluding tert-OH is 1. The minimum absolute atomic E-state index is 0.0799. The summed E-state index contributed by atoms with van der Waals surface area (Å²) in [5.74, 6) is -1.95. The van der Waals surface area contributed by atoms with Crippen LogP contribution in [0.3, 0.4) is 0 Å². The lowest BCUT2D eigenvalue weighted by molar-refractivity contribution is -0.163. The average Bonchev–Trinajstić information content (AvgIpc) is 2.93. The van der Waals surface area contributed by atoms with E-state index in [1.165, 1.54) is 4.90 Å². The summed E-state index contributed by atoms with van der Waals surface area (Å²) in [7, 11) is 0. The number of amides is 1. The maximum Gasteiger partial charge on any atom is 0.352 e. The molecule has 3 heterocycles. The quantitative estimate of drug-likeness (QED) is 0.729. The maximum atomic E-state index is 12.1. The van der Waals surface area contributed by atoms with Crippen molar-refractivity contribution in [2.75, 3.05) is 6.61 Å². The summed E-state index contributed by atoms with van der Waals surface area (Å²) in [6.07, 6.45) is 0.741. The largest absolute Gasteiger partial charge is 0.477 e. The molecule has 0 aromatic carbocycles. The lowest BCUT2D eigenvalue weighted by atomic mass is 9.77. The number of nitrogens with zero attached hydrogens (tertiary/aromatic N) is 1. The van der Waals surface area contributed by atoms with Gasteiger partial charge in [0.25, 0.3) is 0 Å². The van der Waals surface area contributed by atoms with Crippen LogP contribution in [0.4, 0.5) is 0 Å². The fourth-order valence-electron chi connectivity index (χ4n) is 3.85. The van der Waals surface area contributed by atoms with Gasteiger partial charge in [0.1, 0.15) is 5.70 Å². The fourth-order valence-corrected chi connectivity index (χ4v) is 3.85. The molecule has 0 aromatic rings. The molecular formula is C14H19NO5. The highest BCUT2D eigenvalue weighted by molar-refractivity contribution is 6.00. The predicted molar refractivity (Wildman–Crippen MR) is 68.6 cm³/mol. The molecule has 6 nitrogen and oxygen atoms in total. The summed E-state index contributed by atoms with van der Waals surface area (Å²) in [5, 5.41) is 19.2. The Morgan fingerprint density at radius 1 is 1.50 bits per heavy atom. The summed E-state index contributed by atoms with van der Waals surface area (Å²) in [4.78, 5) is 25.0. The van der Waals surface area contributed by atoms with Gasteiger partial charge in [0.15, 0.2) is 0 Å². The second-order valence-electron chi connectivity index (χ2n) is 5.86. The Balaban J connectivity index is 1.99. The number of hydrogen-bond donors (Lipinski definition) is 2. The number of rotatable bonds is 3. The molecule has 3 rings (SSSR count). The fraction of sp³-hybridized carbons (Fsp3) is 0.714. The molecule has 0 spiro atoms. The zero-order valence-corrected chi connectivity index (χ0v) is 11.6. The second-order valence-corrected chi connectivity index (χ2v) is 5.86. The van der Waals surface area contributed by atoms with E-state index in [4.69, 9.17) is 4.74 Å². The topological polar surface area (TPSA) is 87.1 Å². The van der Waals surface area contributed by atoms with Gasteiger partial charge in [-0.3, -0.25) is 4.79 Å². The highest BCUT2D eigenvalue weighted by Gasteiger charge is 2.60. The Hall–Kier alpha value is -1.40. The van der Waals surface area contributed by atoms with Crippen LogP contribution in [-0.2, 0) is 14.3 Å². The van der Waals surface area contributed by atoms with Crippen LogP contribution in [0.2, 0.25) is 0 Å². The minimum atomic E-state index is -1.08. The first-order valence-electron chi connectivity index (χ1n) is 7.05. The van der Waals surface area contributed by atoms with Gasteiger partial charge in [-0.1, -0.05) is 6.92 Å². The monoisotopic (exact) mass is 281 g/mol. The first-order valence-corrected chi connectivity index (χ1v) is 7.05. The number of carboxylic acids is 1. The number of carboxylic acid groups (broad SMARTS) is 1. The van der Waals surface area contributed by atoms with Crippen LogP contribution in [0.1, 0.15) is 26.7 Å². The van der Waals surface area contributed by atoms with Crippen molar-refractivity contribution in [3.63, 3.8) is 0 Å². The predicted octanol–water partition coefficient (Wildman–Crippen LogP) is 0.362. The van der Waals surface area contributed by atoms with Gasteiger partial charge >= 0.3 is 5.97 Å². The summed E-state index contributed by atoms with van der Waals surface area (Å²) < 4.78 is 5.62. The van der Waals surface area contributed by atoms with Crippen LogP contribution < -0.4 is 0 Å². The van der Waals surface area contributed by atoms with E-state index < -0.39 is 18.0 Å². The van der Waals surface area contributed by atoms with Gasteiger partial charge in [0, 0.05) is 12.5 Å². The molecule has 1 amide bonds. The van der Waals surface area contributed by atoms with Gasteiger partial charge in [0.05, 0.1) is 24.2 Å². The van der Waals surface area contributed by atoms with Crippen molar-refractivity contribution in [3.05, 3.63) is 11.3 Å². The van der Waals surface area contributed by atoms with Crippen LogP contribution in [0.25, 0.3) is 0 Å². The van der Waals surface area contributed by atoms with Crippen molar-refractivity contribution >= 4 is 11.9 Å². The summed E-state index contributed by atoms with van der Waals surface area (Å²) >= 11 is 0. The lowest BCUT2D eigenvalue weighted by Crippen LogP contribution is -2.63. The van der Waals surface area contributed by atoms with Crippen LogP contribution in [0, 0.1) is 11.8 Å². The summed E-state index contributed by atoms with van der Waals surface area (Å²) in [6, 6.07) is -0.243. The van der Waals surface area contributed by atoms with Gasteiger partial charge in [-0.25, -0.2) is 4.79 Å². The summed E-state index contributed by atoms with van der Waals surface area (Å²) in [5.41, 5.74) is 0.799. The molecule has 20 heavy (non-hydrogen) atoms.